The molecular weight excluding hydrogens is 192 g/mol. The molecule has 1 rings (SSSR count). The van der Waals surface area contributed by atoms with Crippen LogP contribution in [0.25, 0.3) is 0 Å². The van der Waals surface area contributed by atoms with Crippen LogP contribution in [0, 0.1) is 6.92 Å². The number of hydrogen-bond donors (Lipinski definition) is 0. The van der Waals surface area contributed by atoms with Crippen molar-refractivity contribution in [3.63, 3.8) is 0 Å². The van der Waals surface area contributed by atoms with Crippen LogP contribution in [-0.4, -0.2) is 15.5 Å². The van der Waals surface area contributed by atoms with Crippen molar-refractivity contribution in [2.24, 2.45) is 0 Å². The van der Waals surface area contributed by atoms with Gasteiger partial charge in [0.25, 0.3) is 0 Å². The van der Waals surface area contributed by atoms with Crippen LogP contribution >= 0.6 is 0 Å². The summed E-state index contributed by atoms with van der Waals surface area (Å²) in [6.07, 6.45) is 0. The molecule has 0 amide bonds. The average molecular weight is 202 g/mol. The zero-order chi connectivity index (χ0) is 9.90. The third-order valence-electron chi connectivity index (χ3n) is 1.52. The van der Waals surface area contributed by atoms with Gasteiger partial charge in [0.05, 0.1) is 12.0 Å². The summed E-state index contributed by atoms with van der Waals surface area (Å²) in [7, 11) is -2.61. The van der Waals surface area contributed by atoms with Crippen molar-refractivity contribution in [3.8, 4) is 0 Å². The van der Waals surface area contributed by atoms with Gasteiger partial charge in [0.1, 0.15) is 0 Å². The Morgan fingerprint density at radius 3 is 2.38 bits per heavy atom. The van der Waals surface area contributed by atoms with Gasteiger partial charge >= 0.3 is 10.1 Å². The summed E-state index contributed by atoms with van der Waals surface area (Å²) in [5.74, 6) is 0. The van der Waals surface area contributed by atoms with E-state index in [1.807, 2.05) is 0 Å². The van der Waals surface area contributed by atoms with Gasteiger partial charge in [-0.2, -0.15) is 8.42 Å². The van der Waals surface area contributed by atoms with Crippen LogP contribution in [0.1, 0.15) is 5.56 Å². The lowest BCUT2D eigenvalue weighted by Crippen LogP contribution is -2.06. The maximum Gasteiger partial charge on any atom is 0.323 e. The van der Waals surface area contributed by atoms with Crippen LogP contribution in [0.2, 0.25) is 0 Å². The highest BCUT2D eigenvalue weighted by Gasteiger charge is 2.17. The van der Waals surface area contributed by atoms with E-state index in [9.17, 15) is 8.42 Å². The Bertz CT molecular complexity index is 383. The fourth-order valence-corrected chi connectivity index (χ4v) is 1.92. The fourth-order valence-electron chi connectivity index (χ4n) is 0.963. The van der Waals surface area contributed by atoms with Gasteiger partial charge in [0.15, 0.2) is 0 Å². The number of rotatable bonds is 3. The third kappa shape index (κ3) is 2.27. The molecule has 0 radical (unpaired) electrons. The molecule has 0 heterocycles. The Hall–Kier alpha value is -0.910. The van der Waals surface area contributed by atoms with Crippen LogP contribution in [0.4, 0.5) is 0 Å². The molecule has 0 spiro atoms. The molecule has 13 heavy (non-hydrogen) atoms. The highest BCUT2D eigenvalue weighted by molar-refractivity contribution is 7.86. The smallest absolute Gasteiger partial charge is 0.223 e. The first-order valence-electron chi connectivity index (χ1n) is 3.61. The normalized spacial score (nSPS) is 11.5. The van der Waals surface area contributed by atoms with E-state index in [-0.39, 0.29) is 4.90 Å². The highest BCUT2D eigenvalue weighted by Crippen LogP contribution is 2.16. The minimum atomic E-state index is -3.76. The highest BCUT2D eigenvalue weighted by atomic mass is 32.2. The van der Waals surface area contributed by atoms with E-state index in [1.54, 1.807) is 25.1 Å². The Kier molecular flexibility index (Phi) is 3.02. The Balaban J connectivity index is 3.15. The molecule has 0 fully saturated rings. The lowest BCUT2D eigenvalue weighted by molar-refractivity contribution is -0.172. The molecule has 1 aromatic rings. The van der Waals surface area contributed by atoms with Gasteiger partial charge in [-0.1, -0.05) is 18.2 Å². The zero-order valence-electron chi connectivity index (χ0n) is 7.35. The minimum Gasteiger partial charge on any atom is -0.223 e. The van der Waals surface area contributed by atoms with Crippen LogP contribution < -0.4 is 0 Å². The van der Waals surface area contributed by atoms with Crippen molar-refractivity contribution >= 4 is 10.1 Å². The van der Waals surface area contributed by atoms with Crippen molar-refractivity contribution < 1.29 is 17.6 Å². The van der Waals surface area contributed by atoms with Crippen molar-refractivity contribution in [1.29, 1.82) is 0 Å². The maximum atomic E-state index is 11.3. The number of benzene rings is 1. The molecule has 0 N–H and O–H groups in total. The Morgan fingerprint density at radius 1 is 1.23 bits per heavy atom. The van der Waals surface area contributed by atoms with Gasteiger partial charge in [0, 0.05) is 0 Å². The Labute approximate surface area is 77.2 Å². The van der Waals surface area contributed by atoms with Gasteiger partial charge in [-0.05, 0) is 18.6 Å². The zero-order valence-corrected chi connectivity index (χ0v) is 8.17. The molecule has 0 aliphatic rings. The second-order valence-electron chi connectivity index (χ2n) is 2.45. The topological polar surface area (TPSA) is 52.6 Å². The summed E-state index contributed by atoms with van der Waals surface area (Å²) in [6, 6.07) is 6.52. The summed E-state index contributed by atoms with van der Waals surface area (Å²) in [5, 5.41) is 0. The summed E-state index contributed by atoms with van der Waals surface area (Å²) in [4.78, 5) is 4.25. The maximum absolute atomic E-state index is 11.3. The fraction of sp³-hybridized carbons (Fsp3) is 0.250. The van der Waals surface area contributed by atoms with Crippen LogP contribution in [0.5, 0.6) is 0 Å². The SMILES string of the molecule is COOS(=O)(=O)c1ccccc1C. The van der Waals surface area contributed by atoms with Crippen molar-refractivity contribution in [2.75, 3.05) is 7.11 Å². The second-order valence-corrected chi connectivity index (χ2v) is 3.94. The van der Waals surface area contributed by atoms with Crippen molar-refractivity contribution in [1.82, 2.24) is 0 Å². The summed E-state index contributed by atoms with van der Waals surface area (Å²) >= 11 is 0. The molecule has 1 aromatic carbocycles. The first-order chi connectivity index (χ1) is 6.08. The van der Waals surface area contributed by atoms with E-state index in [2.05, 4.69) is 9.22 Å². The van der Waals surface area contributed by atoms with Gasteiger partial charge < -0.3 is 0 Å². The molecule has 0 aromatic heterocycles. The van der Waals surface area contributed by atoms with Crippen LogP contribution in [-0.2, 0) is 19.3 Å². The van der Waals surface area contributed by atoms with Gasteiger partial charge in [-0.25, -0.2) is 4.89 Å². The molecule has 0 bridgehead atoms. The van der Waals surface area contributed by atoms with Gasteiger partial charge in [-0.3, -0.25) is 0 Å². The summed E-state index contributed by atoms with van der Waals surface area (Å²) < 4.78 is 26.8. The molecule has 5 heteroatoms. The van der Waals surface area contributed by atoms with Gasteiger partial charge in [-0.15, -0.1) is 4.33 Å². The molecule has 0 aliphatic carbocycles. The standard InChI is InChI=1S/C8H10O4S/c1-7-5-3-4-6-8(7)13(9,10)12-11-2/h3-6H,1-2H3. The third-order valence-corrected chi connectivity index (χ3v) is 2.83. The van der Waals surface area contributed by atoms with E-state index in [1.165, 1.54) is 6.07 Å². The molecule has 4 nitrogen and oxygen atoms in total. The minimum absolute atomic E-state index is 0.122. The van der Waals surface area contributed by atoms with Crippen molar-refractivity contribution in [3.05, 3.63) is 29.8 Å². The van der Waals surface area contributed by atoms with E-state index in [0.717, 1.165) is 7.11 Å². The number of hydrogen-bond acceptors (Lipinski definition) is 4. The molecule has 0 unspecified atom stereocenters. The lowest BCUT2D eigenvalue weighted by Gasteiger charge is -2.04. The van der Waals surface area contributed by atoms with E-state index in [0.29, 0.717) is 5.56 Å². The average Bonchev–Trinajstić information content (AvgIpc) is 2.04. The largest absolute Gasteiger partial charge is 0.323 e. The lowest BCUT2D eigenvalue weighted by atomic mass is 10.2. The van der Waals surface area contributed by atoms with E-state index >= 15 is 0 Å². The second kappa shape index (κ2) is 3.87. The molecular formula is C8H10O4S. The first-order valence-corrected chi connectivity index (χ1v) is 5.01. The van der Waals surface area contributed by atoms with E-state index < -0.39 is 10.1 Å². The first kappa shape index (κ1) is 10.2. The molecule has 0 atom stereocenters. The summed E-state index contributed by atoms with van der Waals surface area (Å²) in [6.45, 7) is 1.69. The predicted molar refractivity (Wildman–Crippen MR) is 46.5 cm³/mol. The van der Waals surface area contributed by atoms with Gasteiger partial charge in [0.2, 0.25) is 0 Å². The molecule has 0 saturated heterocycles. The number of aryl methyl sites for hydroxylation is 1. The molecule has 0 saturated carbocycles. The van der Waals surface area contributed by atoms with E-state index in [4.69, 9.17) is 0 Å². The molecule has 72 valence electrons. The van der Waals surface area contributed by atoms with Crippen LogP contribution in [0.3, 0.4) is 0 Å². The quantitative estimate of drug-likeness (QED) is 0.547. The van der Waals surface area contributed by atoms with Crippen molar-refractivity contribution in [2.45, 2.75) is 11.8 Å². The predicted octanol–water partition coefficient (Wildman–Crippen LogP) is 1.26. The molecule has 0 aliphatic heterocycles. The monoisotopic (exact) mass is 202 g/mol. The van der Waals surface area contributed by atoms with Crippen LogP contribution in [0.15, 0.2) is 29.2 Å². The Morgan fingerprint density at radius 2 is 1.85 bits per heavy atom. The summed E-state index contributed by atoms with van der Waals surface area (Å²) in [5.41, 5.74) is 0.625.